The van der Waals surface area contributed by atoms with Gasteiger partial charge in [0.2, 0.25) is 15.9 Å². The molecule has 3 aromatic rings. The largest absolute Gasteiger partial charge is 0.464 e. The van der Waals surface area contributed by atoms with Gasteiger partial charge in [-0.2, -0.15) is 4.31 Å². The second-order valence-electron chi connectivity index (χ2n) is 7.61. The monoisotopic (exact) mass is 430 g/mol. The Morgan fingerprint density at radius 3 is 2.47 bits per heavy atom. The van der Waals surface area contributed by atoms with Crippen LogP contribution in [-0.4, -0.2) is 49.7 Å². The molecule has 8 heteroatoms. The van der Waals surface area contributed by atoms with Gasteiger partial charge in [0.1, 0.15) is 11.4 Å². The zero-order valence-corrected chi connectivity index (χ0v) is 17.7. The van der Waals surface area contributed by atoms with Crippen LogP contribution in [0.2, 0.25) is 0 Å². The summed E-state index contributed by atoms with van der Waals surface area (Å²) in [7, 11) is -3.78. The fourth-order valence-electron chi connectivity index (χ4n) is 3.70. The molecule has 4 rings (SSSR count). The molecule has 6 nitrogen and oxygen atoms in total. The molecule has 30 heavy (non-hydrogen) atoms. The Morgan fingerprint density at radius 2 is 1.77 bits per heavy atom. The summed E-state index contributed by atoms with van der Waals surface area (Å²) in [6, 6.07) is 8.97. The number of furan rings is 1. The van der Waals surface area contributed by atoms with E-state index in [9.17, 15) is 17.6 Å². The van der Waals surface area contributed by atoms with Crippen LogP contribution in [0.4, 0.5) is 4.39 Å². The number of hydrogen-bond donors (Lipinski definition) is 0. The molecule has 1 aromatic heterocycles. The van der Waals surface area contributed by atoms with Crippen LogP contribution >= 0.6 is 0 Å². The minimum Gasteiger partial charge on any atom is -0.464 e. The molecule has 1 fully saturated rings. The zero-order valence-electron chi connectivity index (χ0n) is 16.9. The second kappa shape index (κ2) is 7.85. The molecule has 0 spiro atoms. The average molecular weight is 431 g/mol. The number of halogens is 1. The number of rotatable bonds is 4. The number of aryl methyl sites for hydroxylation is 2. The lowest BCUT2D eigenvalue weighted by molar-refractivity contribution is -0.131. The van der Waals surface area contributed by atoms with Crippen molar-refractivity contribution in [2.45, 2.75) is 25.2 Å². The summed E-state index contributed by atoms with van der Waals surface area (Å²) in [6.07, 6.45) is 1.82. The Bertz CT molecular complexity index is 1210. The number of amides is 1. The van der Waals surface area contributed by atoms with Gasteiger partial charge in [0, 0.05) is 37.1 Å². The molecule has 0 atom stereocenters. The van der Waals surface area contributed by atoms with Crippen molar-refractivity contribution in [1.82, 2.24) is 9.21 Å². The maximum atomic E-state index is 13.4. The molecule has 2 aromatic carbocycles. The minimum absolute atomic E-state index is 0.0706. The molecule has 0 aliphatic carbocycles. The van der Waals surface area contributed by atoms with E-state index in [2.05, 4.69) is 0 Å². The van der Waals surface area contributed by atoms with Gasteiger partial charge in [-0.05, 0) is 55.3 Å². The number of sulfonamides is 1. The first-order valence-electron chi connectivity index (χ1n) is 9.76. The van der Waals surface area contributed by atoms with E-state index in [4.69, 9.17) is 4.42 Å². The molecule has 0 bridgehead atoms. The van der Waals surface area contributed by atoms with Crippen LogP contribution in [0.5, 0.6) is 0 Å². The Labute approximate surface area is 174 Å². The summed E-state index contributed by atoms with van der Waals surface area (Å²) in [6.45, 7) is 4.97. The van der Waals surface area contributed by atoms with Crippen molar-refractivity contribution in [3.8, 4) is 0 Å². The Kier molecular flexibility index (Phi) is 5.38. The van der Waals surface area contributed by atoms with Gasteiger partial charge in [0.15, 0.2) is 0 Å². The second-order valence-corrected chi connectivity index (χ2v) is 9.55. The summed E-state index contributed by atoms with van der Waals surface area (Å²) in [5.74, 6) is -0.665. The van der Waals surface area contributed by atoms with Crippen molar-refractivity contribution in [2.24, 2.45) is 0 Å². The highest BCUT2D eigenvalue weighted by Crippen LogP contribution is 2.26. The number of carbonyl (C=O) groups excluding carboxylic acids is 1. The van der Waals surface area contributed by atoms with Gasteiger partial charge in [-0.25, -0.2) is 12.8 Å². The van der Waals surface area contributed by atoms with Crippen molar-refractivity contribution in [1.29, 1.82) is 0 Å². The molecule has 158 valence electrons. The van der Waals surface area contributed by atoms with Gasteiger partial charge in [0.05, 0.1) is 17.6 Å². The summed E-state index contributed by atoms with van der Waals surface area (Å²) in [5, 5.41) is 0.929. The van der Waals surface area contributed by atoms with Crippen LogP contribution in [0.25, 0.3) is 11.0 Å². The highest BCUT2D eigenvalue weighted by molar-refractivity contribution is 7.89. The summed E-state index contributed by atoms with van der Waals surface area (Å²) < 4.78 is 45.8. The highest BCUT2D eigenvalue weighted by Gasteiger charge is 2.30. The lowest BCUT2D eigenvalue weighted by Gasteiger charge is -2.34. The first-order valence-corrected chi connectivity index (χ1v) is 11.2. The molecule has 1 saturated heterocycles. The van der Waals surface area contributed by atoms with Gasteiger partial charge in [-0.3, -0.25) is 4.79 Å². The van der Waals surface area contributed by atoms with Gasteiger partial charge in [-0.15, -0.1) is 0 Å². The number of fused-ring (bicyclic) bond motifs is 1. The number of benzene rings is 2. The third-order valence-electron chi connectivity index (χ3n) is 5.64. The van der Waals surface area contributed by atoms with Crippen LogP contribution in [0, 0.1) is 19.7 Å². The van der Waals surface area contributed by atoms with E-state index in [1.54, 1.807) is 11.2 Å². The van der Waals surface area contributed by atoms with E-state index < -0.39 is 15.8 Å². The van der Waals surface area contributed by atoms with E-state index in [1.165, 1.54) is 22.5 Å². The quantitative estimate of drug-likeness (QED) is 0.637. The summed E-state index contributed by atoms with van der Waals surface area (Å²) in [5.41, 5.74) is 3.85. The van der Waals surface area contributed by atoms with Crippen LogP contribution in [0.1, 0.15) is 16.7 Å². The van der Waals surface area contributed by atoms with Crippen LogP contribution in [-0.2, 0) is 21.2 Å². The SMILES string of the molecule is Cc1cc2occ(CC(=O)N3CCN(S(=O)(=O)c4cccc(F)c4)CC3)c2cc1C. The topological polar surface area (TPSA) is 70.8 Å². The van der Waals surface area contributed by atoms with Crippen LogP contribution in [0.3, 0.4) is 0 Å². The van der Waals surface area contributed by atoms with E-state index in [0.29, 0.717) is 13.1 Å². The van der Waals surface area contributed by atoms with E-state index in [-0.39, 0.29) is 30.3 Å². The third kappa shape index (κ3) is 3.85. The van der Waals surface area contributed by atoms with Gasteiger partial charge >= 0.3 is 0 Å². The van der Waals surface area contributed by atoms with E-state index >= 15 is 0 Å². The number of piperazine rings is 1. The smallest absolute Gasteiger partial charge is 0.243 e. The van der Waals surface area contributed by atoms with E-state index in [1.807, 2.05) is 26.0 Å². The molecule has 1 aliphatic rings. The highest BCUT2D eigenvalue weighted by atomic mass is 32.2. The molecule has 1 aliphatic heterocycles. The maximum Gasteiger partial charge on any atom is 0.243 e. The lowest BCUT2D eigenvalue weighted by Crippen LogP contribution is -2.50. The van der Waals surface area contributed by atoms with Crippen LogP contribution < -0.4 is 0 Å². The summed E-state index contributed by atoms with van der Waals surface area (Å²) >= 11 is 0. The van der Waals surface area contributed by atoms with Crippen LogP contribution in [0.15, 0.2) is 52.0 Å². The van der Waals surface area contributed by atoms with Gasteiger partial charge < -0.3 is 9.32 Å². The number of carbonyl (C=O) groups is 1. The first-order chi connectivity index (χ1) is 14.3. The van der Waals surface area contributed by atoms with Crippen molar-refractivity contribution >= 4 is 26.9 Å². The van der Waals surface area contributed by atoms with Gasteiger partial charge in [0.25, 0.3) is 0 Å². The number of hydrogen-bond acceptors (Lipinski definition) is 4. The lowest BCUT2D eigenvalue weighted by atomic mass is 10.0. The number of nitrogens with zero attached hydrogens (tertiary/aromatic N) is 2. The molecule has 0 N–H and O–H groups in total. The minimum atomic E-state index is -3.78. The van der Waals surface area contributed by atoms with Crippen molar-refractivity contribution < 1.29 is 22.0 Å². The Morgan fingerprint density at radius 1 is 1.07 bits per heavy atom. The molecule has 1 amide bonds. The predicted octanol–water partition coefficient (Wildman–Crippen LogP) is 3.26. The standard InChI is InChI=1S/C22H23FN2O4S/c1-15-10-20-17(14-29-21(20)11-16(15)2)12-22(26)24-6-8-25(9-7-24)30(27,28)19-5-3-4-18(23)13-19/h3-5,10-11,13-14H,6-9,12H2,1-2H3. The molecule has 2 heterocycles. The van der Waals surface area contributed by atoms with E-state index in [0.717, 1.165) is 33.7 Å². The predicted molar refractivity (Wildman–Crippen MR) is 111 cm³/mol. The molecular weight excluding hydrogens is 407 g/mol. The molecular formula is C22H23FN2O4S. The Balaban J connectivity index is 1.43. The average Bonchev–Trinajstić information content (AvgIpc) is 3.09. The van der Waals surface area contributed by atoms with Crippen molar-refractivity contribution in [3.05, 3.63) is 65.2 Å². The molecule has 0 saturated carbocycles. The Hall–Kier alpha value is -2.71. The van der Waals surface area contributed by atoms with Crippen molar-refractivity contribution in [2.75, 3.05) is 26.2 Å². The normalized spacial score (nSPS) is 15.6. The van der Waals surface area contributed by atoms with Crippen molar-refractivity contribution in [3.63, 3.8) is 0 Å². The molecule has 0 unspecified atom stereocenters. The first kappa shape index (κ1) is 20.6. The fourth-order valence-corrected chi connectivity index (χ4v) is 5.16. The summed E-state index contributed by atoms with van der Waals surface area (Å²) in [4.78, 5) is 14.4. The molecule has 0 radical (unpaired) electrons. The van der Waals surface area contributed by atoms with Gasteiger partial charge in [-0.1, -0.05) is 6.07 Å². The zero-order chi connectivity index (χ0) is 21.5. The third-order valence-corrected chi connectivity index (χ3v) is 7.53. The maximum absolute atomic E-state index is 13.4. The fraction of sp³-hybridized carbons (Fsp3) is 0.318.